The van der Waals surface area contributed by atoms with Crippen molar-refractivity contribution >= 4 is 35.0 Å². The van der Waals surface area contributed by atoms with Crippen molar-refractivity contribution in [1.29, 1.82) is 0 Å². The third kappa shape index (κ3) is 5.64. The average molecular weight is 434 g/mol. The minimum atomic E-state index is -0.175. The van der Waals surface area contributed by atoms with Gasteiger partial charge in [0.05, 0.1) is 12.2 Å². The van der Waals surface area contributed by atoms with Crippen molar-refractivity contribution in [1.82, 2.24) is 4.98 Å². The molecule has 0 fully saturated rings. The first-order chi connectivity index (χ1) is 15.2. The number of anilines is 2. The van der Waals surface area contributed by atoms with Gasteiger partial charge in [0, 0.05) is 41.6 Å². The van der Waals surface area contributed by atoms with Crippen LogP contribution in [0.25, 0.3) is 0 Å². The average Bonchev–Trinajstić information content (AvgIpc) is 2.82. The standard InChI is InChI=1S/C24H23N3O3S/c28-23(11-12-24(29)27-14-15-30-22-6-2-1-5-21(22)27)26-19-7-9-20(10-8-19)31-17-18-4-3-13-25-16-18/h1-10,13,16H,11-12,14-15,17H2,(H,26,28). The van der Waals surface area contributed by atoms with Crippen molar-refractivity contribution in [3.8, 4) is 5.75 Å². The van der Waals surface area contributed by atoms with Gasteiger partial charge in [-0.2, -0.15) is 0 Å². The molecule has 158 valence electrons. The molecular formula is C24H23N3O3S. The number of carbonyl (C=O) groups is 2. The van der Waals surface area contributed by atoms with E-state index in [0.717, 1.165) is 27.6 Å². The van der Waals surface area contributed by atoms with Crippen molar-refractivity contribution in [2.24, 2.45) is 0 Å². The molecule has 1 aliphatic heterocycles. The Morgan fingerprint density at radius 2 is 1.87 bits per heavy atom. The van der Waals surface area contributed by atoms with Crippen molar-refractivity contribution < 1.29 is 14.3 Å². The number of para-hydroxylation sites is 2. The Morgan fingerprint density at radius 3 is 2.68 bits per heavy atom. The first kappa shape index (κ1) is 20.9. The number of pyridine rings is 1. The summed E-state index contributed by atoms with van der Waals surface area (Å²) >= 11 is 1.71. The zero-order chi connectivity index (χ0) is 21.5. The lowest BCUT2D eigenvalue weighted by molar-refractivity contribution is -0.122. The molecule has 1 aliphatic rings. The van der Waals surface area contributed by atoms with Crippen molar-refractivity contribution in [2.45, 2.75) is 23.5 Å². The minimum Gasteiger partial charge on any atom is -0.490 e. The molecule has 0 aliphatic carbocycles. The molecule has 0 saturated heterocycles. The fourth-order valence-electron chi connectivity index (χ4n) is 3.29. The number of thioether (sulfide) groups is 1. The van der Waals surface area contributed by atoms with Crippen LogP contribution in [-0.4, -0.2) is 29.9 Å². The van der Waals surface area contributed by atoms with Gasteiger partial charge in [0.25, 0.3) is 0 Å². The third-order valence-electron chi connectivity index (χ3n) is 4.86. The summed E-state index contributed by atoms with van der Waals surface area (Å²) in [5.41, 5.74) is 2.65. The van der Waals surface area contributed by atoms with Gasteiger partial charge in [0.2, 0.25) is 11.8 Å². The van der Waals surface area contributed by atoms with E-state index in [-0.39, 0.29) is 24.7 Å². The van der Waals surface area contributed by atoms with E-state index in [0.29, 0.717) is 18.9 Å². The van der Waals surface area contributed by atoms with Crippen LogP contribution in [0.1, 0.15) is 18.4 Å². The zero-order valence-corrected chi connectivity index (χ0v) is 17.8. The maximum Gasteiger partial charge on any atom is 0.227 e. The summed E-state index contributed by atoms with van der Waals surface area (Å²) in [7, 11) is 0. The van der Waals surface area contributed by atoms with Crippen LogP contribution in [0.4, 0.5) is 11.4 Å². The minimum absolute atomic E-state index is 0.0759. The number of nitrogens with one attached hydrogen (secondary N) is 1. The third-order valence-corrected chi connectivity index (χ3v) is 5.95. The van der Waals surface area contributed by atoms with E-state index >= 15 is 0 Å². The maximum absolute atomic E-state index is 12.6. The summed E-state index contributed by atoms with van der Waals surface area (Å²) in [5, 5.41) is 2.87. The van der Waals surface area contributed by atoms with E-state index in [2.05, 4.69) is 10.3 Å². The Morgan fingerprint density at radius 1 is 1.03 bits per heavy atom. The van der Waals surface area contributed by atoms with E-state index in [1.807, 2.05) is 66.9 Å². The lowest BCUT2D eigenvalue weighted by Gasteiger charge is -2.29. The molecule has 0 radical (unpaired) electrons. The van der Waals surface area contributed by atoms with Gasteiger partial charge in [-0.1, -0.05) is 18.2 Å². The Kier molecular flexibility index (Phi) is 6.84. The first-order valence-corrected chi connectivity index (χ1v) is 11.1. The molecule has 2 aromatic carbocycles. The molecule has 7 heteroatoms. The Hall–Kier alpha value is -3.32. The highest BCUT2D eigenvalue weighted by Crippen LogP contribution is 2.31. The molecule has 0 unspecified atom stereocenters. The predicted molar refractivity (Wildman–Crippen MR) is 122 cm³/mol. The Balaban J connectivity index is 1.25. The summed E-state index contributed by atoms with van der Waals surface area (Å²) in [6.07, 6.45) is 3.91. The first-order valence-electron chi connectivity index (χ1n) is 10.1. The highest BCUT2D eigenvalue weighted by molar-refractivity contribution is 7.98. The van der Waals surface area contributed by atoms with E-state index in [4.69, 9.17) is 4.74 Å². The number of aromatic nitrogens is 1. The van der Waals surface area contributed by atoms with Gasteiger partial charge in [-0.05, 0) is 48.0 Å². The number of carbonyl (C=O) groups excluding carboxylic acids is 2. The molecule has 0 spiro atoms. The summed E-state index contributed by atoms with van der Waals surface area (Å²) in [6, 6.07) is 19.1. The molecule has 4 rings (SSSR count). The van der Waals surface area contributed by atoms with Gasteiger partial charge in [0.1, 0.15) is 12.4 Å². The Labute approximate surface area is 185 Å². The van der Waals surface area contributed by atoms with Crippen LogP contribution in [0.5, 0.6) is 5.75 Å². The number of ether oxygens (including phenoxy) is 1. The molecule has 0 atom stereocenters. The second-order valence-corrected chi connectivity index (χ2v) is 8.13. The second kappa shape index (κ2) is 10.1. The molecule has 3 aromatic rings. The van der Waals surface area contributed by atoms with Gasteiger partial charge in [-0.3, -0.25) is 14.6 Å². The smallest absolute Gasteiger partial charge is 0.227 e. The maximum atomic E-state index is 12.6. The van der Waals surface area contributed by atoms with Crippen LogP contribution in [-0.2, 0) is 15.3 Å². The zero-order valence-electron chi connectivity index (χ0n) is 17.0. The quantitative estimate of drug-likeness (QED) is 0.555. The summed E-state index contributed by atoms with van der Waals surface area (Å²) < 4.78 is 5.58. The molecule has 6 nitrogen and oxygen atoms in total. The Bertz CT molecular complexity index is 1040. The molecule has 1 aromatic heterocycles. The summed E-state index contributed by atoms with van der Waals surface area (Å²) in [6.45, 7) is 0.954. The fourth-order valence-corrected chi connectivity index (χ4v) is 4.12. The number of hydrogen-bond acceptors (Lipinski definition) is 5. The summed E-state index contributed by atoms with van der Waals surface area (Å²) in [5.74, 6) is 1.29. The second-order valence-electron chi connectivity index (χ2n) is 7.08. The van der Waals surface area contributed by atoms with Crippen molar-refractivity contribution in [3.05, 3.63) is 78.6 Å². The van der Waals surface area contributed by atoms with Crippen LogP contribution in [0.2, 0.25) is 0 Å². The molecule has 2 amide bonds. The molecule has 0 saturated carbocycles. The van der Waals surface area contributed by atoms with Gasteiger partial charge >= 0.3 is 0 Å². The molecule has 0 bridgehead atoms. The number of fused-ring (bicyclic) bond motifs is 1. The topological polar surface area (TPSA) is 71.5 Å². The lowest BCUT2D eigenvalue weighted by atomic mass is 10.2. The van der Waals surface area contributed by atoms with Crippen LogP contribution < -0.4 is 15.0 Å². The van der Waals surface area contributed by atoms with Gasteiger partial charge in [0.15, 0.2) is 0 Å². The van der Waals surface area contributed by atoms with E-state index in [1.165, 1.54) is 0 Å². The number of benzene rings is 2. The van der Waals surface area contributed by atoms with E-state index in [1.54, 1.807) is 22.9 Å². The predicted octanol–water partition coefficient (Wildman–Crippen LogP) is 4.52. The van der Waals surface area contributed by atoms with E-state index < -0.39 is 0 Å². The molecule has 1 N–H and O–H groups in total. The number of amides is 2. The monoisotopic (exact) mass is 433 g/mol. The highest BCUT2D eigenvalue weighted by Gasteiger charge is 2.23. The van der Waals surface area contributed by atoms with Crippen LogP contribution in [0.15, 0.2) is 78.0 Å². The highest BCUT2D eigenvalue weighted by atomic mass is 32.2. The normalized spacial score (nSPS) is 12.6. The van der Waals surface area contributed by atoms with Crippen LogP contribution >= 0.6 is 11.8 Å². The van der Waals surface area contributed by atoms with E-state index in [9.17, 15) is 9.59 Å². The fraction of sp³-hybridized carbons (Fsp3) is 0.208. The van der Waals surface area contributed by atoms with Gasteiger partial charge in [-0.25, -0.2) is 0 Å². The van der Waals surface area contributed by atoms with Crippen LogP contribution in [0, 0.1) is 0 Å². The largest absolute Gasteiger partial charge is 0.490 e. The number of rotatable bonds is 7. The lowest BCUT2D eigenvalue weighted by Crippen LogP contribution is -2.38. The van der Waals surface area contributed by atoms with Gasteiger partial charge in [-0.15, -0.1) is 11.8 Å². The van der Waals surface area contributed by atoms with Crippen LogP contribution in [0.3, 0.4) is 0 Å². The molecule has 2 heterocycles. The van der Waals surface area contributed by atoms with Crippen molar-refractivity contribution in [2.75, 3.05) is 23.4 Å². The number of nitrogens with zero attached hydrogens (tertiary/aromatic N) is 2. The number of hydrogen-bond donors (Lipinski definition) is 1. The molecule has 31 heavy (non-hydrogen) atoms. The summed E-state index contributed by atoms with van der Waals surface area (Å²) in [4.78, 5) is 31.9. The van der Waals surface area contributed by atoms with Gasteiger partial charge < -0.3 is 15.0 Å². The molecular weight excluding hydrogens is 410 g/mol. The SMILES string of the molecule is O=C(CCC(=O)N1CCOc2ccccc21)Nc1ccc(SCc2cccnc2)cc1. The van der Waals surface area contributed by atoms with Crippen molar-refractivity contribution in [3.63, 3.8) is 0 Å².